The van der Waals surface area contributed by atoms with Crippen LogP contribution < -0.4 is 15.7 Å². The van der Waals surface area contributed by atoms with Crippen molar-refractivity contribution in [2.24, 2.45) is 0 Å². The van der Waals surface area contributed by atoms with Gasteiger partial charge in [-0.15, -0.1) is 0 Å². The molecule has 0 aliphatic carbocycles. The standard InChI is InChI=1S/C19H23NO6/c1-5-6-13-9-16(21)26-15-8-10(2)7-14(17(13)15)25-12(4)18(22)20-11(3)19(23)24/h7-9,11-12H,5-6H2,1-4H3,(H,20,22)(H,23,24)/t11-,12-/m0/s1. The predicted octanol–water partition coefficient (Wildman–Crippen LogP) is 2.41. The van der Waals surface area contributed by atoms with Crippen LogP contribution in [0.3, 0.4) is 0 Å². The highest BCUT2D eigenvalue weighted by atomic mass is 16.5. The summed E-state index contributed by atoms with van der Waals surface area (Å²) in [5.41, 5.74) is 1.58. The summed E-state index contributed by atoms with van der Waals surface area (Å²) in [6.45, 7) is 6.74. The molecule has 0 saturated carbocycles. The largest absolute Gasteiger partial charge is 0.480 e. The minimum absolute atomic E-state index is 0.405. The zero-order chi connectivity index (χ0) is 19.4. The lowest BCUT2D eigenvalue weighted by Crippen LogP contribution is -2.44. The van der Waals surface area contributed by atoms with Gasteiger partial charge in [0.05, 0.1) is 5.39 Å². The number of carboxylic acids is 1. The summed E-state index contributed by atoms with van der Waals surface area (Å²) >= 11 is 0. The Balaban J connectivity index is 2.40. The minimum atomic E-state index is -1.13. The molecule has 2 atom stereocenters. The third-order valence-electron chi connectivity index (χ3n) is 3.96. The first-order chi connectivity index (χ1) is 12.2. The second kappa shape index (κ2) is 8.03. The Kier molecular flexibility index (Phi) is 6.02. The molecular formula is C19H23NO6. The van der Waals surface area contributed by atoms with Crippen LogP contribution in [0, 0.1) is 6.92 Å². The minimum Gasteiger partial charge on any atom is -0.480 e. The summed E-state index contributed by atoms with van der Waals surface area (Å²) < 4.78 is 11.1. The fourth-order valence-corrected chi connectivity index (χ4v) is 2.67. The Morgan fingerprint density at radius 2 is 1.96 bits per heavy atom. The number of benzene rings is 1. The van der Waals surface area contributed by atoms with Crippen molar-refractivity contribution in [1.82, 2.24) is 5.32 Å². The monoisotopic (exact) mass is 361 g/mol. The summed E-state index contributed by atoms with van der Waals surface area (Å²) in [4.78, 5) is 34.9. The lowest BCUT2D eigenvalue weighted by molar-refractivity contribution is -0.142. The van der Waals surface area contributed by atoms with E-state index in [2.05, 4.69) is 5.32 Å². The van der Waals surface area contributed by atoms with E-state index in [-0.39, 0.29) is 0 Å². The molecular weight excluding hydrogens is 338 g/mol. The maximum absolute atomic E-state index is 12.2. The van der Waals surface area contributed by atoms with E-state index in [9.17, 15) is 14.4 Å². The molecule has 0 unspecified atom stereocenters. The molecule has 26 heavy (non-hydrogen) atoms. The van der Waals surface area contributed by atoms with Crippen LogP contribution in [-0.4, -0.2) is 29.1 Å². The Labute approximate surface area is 151 Å². The Morgan fingerprint density at radius 1 is 1.27 bits per heavy atom. The molecule has 0 fully saturated rings. The molecule has 140 valence electrons. The molecule has 0 aliphatic rings. The highest BCUT2D eigenvalue weighted by Crippen LogP contribution is 2.31. The van der Waals surface area contributed by atoms with Crippen LogP contribution in [-0.2, 0) is 16.0 Å². The molecule has 0 spiro atoms. The maximum atomic E-state index is 12.2. The van der Waals surface area contributed by atoms with Crippen molar-refractivity contribution >= 4 is 22.8 Å². The Bertz CT molecular complexity index is 885. The number of carboxylic acid groups (broad SMARTS) is 1. The van der Waals surface area contributed by atoms with Gasteiger partial charge in [0.25, 0.3) is 5.91 Å². The molecule has 0 radical (unpaired) electrons. The van der Waals surface area contributed by atoms with Crippen LogP contribution in [0.5, 0.6) is 5.75 Å². The number of fused-ring (bicyclic) bond motifs is 1. The molecule has 7 nitrogen and oxygen atoms in total. The van der Waals surface area contributed by atoms with E-state index < -0.39 is 29.6 Å². The van der Waals surface area contributed by atoms with Gasteiger partial charge in [0, 0.05) is 6.07 Å². The SMILES string of the molecule is CCCc1cc(=O)oc2cc(C)cc(O[C@@H](C)C(=O)N[C@@H](C)C(=O)O)c12. The van der Waals surface area contributed by atoms with Gasteiger partial charge in [-0.25, -0.2) is 4.79 Å². The second-order valence-electron chi connectivity index (χ2n) is 6.31. The number of ether oxygens (including phenoxy) is 1. The number of rotatable bonds is 7. The fraction of sp³-hybridized carbons (Fsp3) is 0.421. The van der Waals surface area contributed by atoms with Crippen LogP contribution in [0.2, 0.25) is 0 Å². The maximum Gasteiger partial charge on any atom is 0.336 e. The normalized spacial score (nSPS) is 13.2. The van der Waals surface area contributed by atoms with Crippen LogP contribution in [0.4, 0.5) is 0 Å². The van der Waals surface area contributed by atoms with Gasteiger partial charge in [0.1, 0.15) is 17.4 Å². The van der Waals surface area contributed by atoms with Crippen molar-refractivity contribution in [3.05, 3.63) is 39.7 Å². The average Bonchev–Trinajstić information content (AvgIpc) is 2.53. The van der Waals surface area contributed by atoms with Gasteiger partial charge in [0.15, 0.2) is 6.10 Å². The van der Waals surface area contributed by atoms with Crippen molar-refractivity contribution in [2.75, 3.05) is 0 Å². The summed E-state index contributed by atoms with van der Waals surface area (Å²) in [5.74, 6) is -1.24. The number of amides is 1. The van der Waals surface area contributed by atoms with Crippen molar-refractivity contribution < 1.29 is 23.8 Å². The summed E-state index contributed by atoms with van der Waals surface area (Å²) in [6, 6.07) is 3.94. The molecule has 0 saturated heterocycles. The zero-order valence-corrected chi connectivity index (χ0v) is 15.3. The smallest absolute Gasteiger partial charge is 0.336 e. The van der Waals surface area contributed by atoms with Crippen LogP contribution in [0.1, 0.15) is 38.3 Å². The highest BCUT2D eigenvalue weighted by molar-refractivity contribution is 5.89. The number of aryl methyl sites for hydroxylation is 2. The molecule has 2 rings (SSSR count). The predicted molar refractivity (Wildman–Crippen MR) is 96.5 cm³/mol. The van der Waals surface area contributed by atoms with Gasteiger partial charge < -0.3 is 19.6 Å². The molecule has 1 aromatic heterocycles. The number of carbonyl (C=O) groups is 2. The van der Waals surface area contributed by atoms with Crippen molar-refractivity contribution in [1.29, 1.82) is 0 Å². The van der Waals surface area contributed by atoms with Gasteiger partial charge in [-0.3, -0.25) is 9.59 Å². The number of aliphatic carboxylic acids is 1. The zero-order valence-electron chi connectivity index (χ0n) is 15.3. The van der Waals surface area contributed by atoms with E-state index in [4.69, 9.17) is 14.3 Å². The van der Waals surface area contributed by atoms with Crippen molar-refractivity contribution in [3.63, 3.8) is 0 Å². The van der Waals surface area contributed by atoms with Gasteiger partial charge in [-0.1, -0.05) is 13.3 Å². The number of hydrogen-bond donors (Lipinski definition) is 2. The molecule has 0 bridgehead atoms. The lowest BCUT2D eigenvalue weighted by Gasteiger charge is -2.19. The topological polar surface area (TPSA) is 106 Å². The summed E-state index contributed by atoms with van der Waals surface area (Å²) in [6.07, 6.45) is 0.583. The molecule has 1 heterocycles. The second-order valence-corrected chi connectivity index (χ2v) is 6.31. The van der Waals surface area contributed by atoms with E-state index in [0.717, 1.165) is 17.5 Å². The molecule has 1 aromatic carbocycles. The third-order valence-corrected chi connectivity index (χ3v) is 3.96. The summed E-state index contributed by atoms with van der Waals surface area (Å²) in [5, 5.41) is 11.9. The van der Waals surface area contributed by atoms with E-state index in [1.165, 1.54) is 19.9 Å². The van der Waals surface area contributed by atoms with Gasteiger partial charge >= 0.3 is 11.6 Å². The Morgan fingerprint density at radius 3 is 2.58 bits per heavy atom. The number of carbonyl (C=O) groups excluding carboxylic acids is 1. The Hall–Kier alpha value is -2.83. The highest BCUT2D eigenvalue weighted by Gasteiger charge is 2.22. The van der Waals surface area contributed by atoms with Crippen LogP contribution >= 0.6 is 0 Å². The first-order valence-electron chi connectivity index (χ1n) is 8.50. The van der Waals surface area contributed by atoms with Crippen LogP contribution in [0.25, 0.3) is 11.0 Å². The van der Waals surface area contributed by atoms with Gasteiger partial charge in [-0.05, 0) is 50.5 Å². The molecule has 0 aliphatic heterocycles. The third kappa shape index (κ3) is 4.41. The first kappa shape index (κ1) is 19.5. The molecule has 7 heteroatoms. The summed E-state index contributed by atoms with van der Waals surface area (Å²) in [7, 11) is 0. The van der Waals surface area contributed by atoms with Gasteiger partial charge in [0.2, 0.25) is 0 Å². The fourth-order valence-electron chi connectivity index (χ4n) is 2.67. The van der Waals surface area contributed by atoms with E-state index in [1.54, 1.807) is 12.1 Å². The average molecular weight is 361 g/mol. The quantitative estimate of drug-likeness (QED) is 0.734. The number of nitrogens with one attached hydrogen (secondary N) is 1. The van der Waals surface area contributed by atoms with Gasteiger partial charge in [-0.2, -0.15) is 0 Å². The molecule has 1 amide bonds. The lowest BCUT2D eigenvalue weighted by atomic mass is 10.0. The molecule has 2 N–H and O–H groups in total. The molecule has 2 aromatic rings. The van der Waals surface area contributed by atoms with E-state index in [0.29, 0.717) is 23.1 Å². The van der Waals surface area contributed by atoms with E-state index in [1.807, 2.05) is 13.8 Å². The number of hydrogen-bond acceptors (Lipinski definition) is 5. The van der Waals surface area contributed by atoms with E-state index >= 15 is 0 Å². The van der Waals surface area contributed by atoms with Crippen molar-refractivity contribution in [3.8, 4) is 5.75 Å². The van der Waals surface area contributed by atoms with Crippen LogP contribution in [0.15, 0.2) is 27.4 Å². The van der Waals surface area contributed by atoms with Crippen molar-refractivity contribution in [2.45, 2.75) is 52.7 Å². The first-order valence-corrected chi connectivity index (χ1v) is 8.50.